The molecule has 5 nitrogen and oxygen atoms in total. The number of amides is 1. The zero-order valence-corrected chi connectivity index (χ0v) is 11.6. The minimum atomic E-state index is -0.00322. The molecule has 1 fully saturated rings. The molecule has 100 valence electrons. The molecular weight excluding hydrogens is 250 g/mol. The summed E-state index contributed by atoms with van der Waals surface area (Å²) in [6.45, 7) is 5.79. The monoisotopic (exact) mass is 269 g/mol. The number of hydrogen-bond acceptors (Lipinski definition) is 5. The molecule has 0 aliphatic carbocycles. The summed E-state index contributed by atoms with van der Waals surface area (Å²) in [7, 11) is 0. The van der Waals surface area contributed by atoms with Crippen LogP contribution in [0, 0.1) is 0 Å². The van der Waals surface area contributed by atoms with E-state index in [4.69, 9.17) is 10.5 Å². The molecule has 2 atom stereocenters. The first kappa shape index (κ1) is 13.5. The third-order valence-electron chi connectivity index (χ3n) is 2.84. The molecule has 0 bridgehead atoms. The fourth-order valence-electron chi connectivity index (χ4n) is 2.15. The Bertz CT molecular complexity index is 411. The van der Waals surface area contributed by atoms with E-state index in [2.05, 4.69) is 4.98 Å². The van der Waals surface area contributed by atoms with E-state index in [1.165, 1.54) is 11.3 Å². The lowest BCUT2D eigenvalue weighted by Crippen LogP contribution is -2.48. The maximum absolute atomic E-state index is 12.3. The molecule has 6 heteroatoms. The molecule has 0 aromatic carbocycles. The van der Waals surface area contributed by atoms with Gasteiger partial charge in [0.2, 0.25) is 0 Å². The average molecular weight is 269 g/mol. The van der Waals surface area contributed by atoms with Crippen molar-refractivity contribution >= 4 is 17.2 Å². The largest absolute Gasteiger partial charge is 0.372 e. The van der Waals surface area contributed by atoms with Crippen LogP contribution in [0.4, 0.5) is 0 Å². The lowest BCUT2D eigenvalue weighted by Gasteiger charge is -2.34. The van der Waals surface area contributed by atoms with Crippen molar-refractivity contribution in [3.05, 3.63) is 16.1 Å². The van der Waals surface area contributed by atoms with Crippen LogP contribution >= 0.6 is 11.3 Å². The predicted octanol–water partition coefficient (Wildman–Crippen LogP) is 0.894. The highest BCUT2D eigenvalue weighted by atomic mass is 32.1. The summed E-state index contributed by atoms with van der Waals surface area (Å²) < 4.78 is 5.62. The number of carbonyl (C=O) groups excluding carboxylic acids is 1. The van der Waals surface area contributed by atoms with E-state index >= 15 is 0 Å². The average Bonchev–Trinajstić information content (AvgIpc) is 2.76. The van der Waals surface area contributed by atoms with Gasteiger partial charge in [-0.15, -0.1) is 11.3 Å². The highest BCUT2D eigenvalue weighted by Gasteiger charge is 2.27. The number of thiazole rings is 1. The third-order valence-corrected chi connectivity index (χ3v) is 3.74. The van der Waals surface area contributed by atoms with Gasteiger partial charge in [0.1, 0.15) is 5.69 Å². The summed E-state index contributed by atoms with van der Waals surface area (Å²) >= 11 is 1.50. The van der Waals surface area contributed by atoms with Crippen molar-refractivity contribution in [2.75, 3.05) is 19.6 Å². The molecule has 0 unspecified atom stereocenters. The Labute approximate surface area is 111 Å². The van der Waals surface area contributed by atoms with Crippen LogP contribution < -0.4 is 5.73 Å². The van der Waals surface area contributed by atoms with E-state index in [0.717, 1.165) is 11.4 Å². The van der Waals surface area contributed by atoms with Crippen LogP contribution in [0.1, 0.15) is 29.3 Å². The number of morpholine rings is 1. The smallest absolute Gasteiger partial charge is 0.273 e. The number of carbonyl (C=O) groups is 1. The molecule has 1 saturated heterocycles. The maximum atomic E-state index is 12.3. The first-order valence-electron chi connectivity index (χ1n) is 6.19. The van der Waals surface area contributed by atoms with Gasteiger partial charge in [-0.1, -0.05) is 0 Å². The van der Waals surface area contributed by atoms with Crippen LogP contribution in [0.5, 0.6) is 0 Å². The Morgan fingerprint density at radius 1 is 1.56 bits per heavy atom. The Balaban J connectivity index is 2.05. The molecule has 1 aromatic rings. The summed E-state index contributed by atoms with van der Waals surface area (Å²) in [5.74, 6) is -0.00322. The minimum Gasteiger partial charge on any atom is -0.372 e. The quantitative estimate of drug-likeness (QED) is 0.885. The molecule has 2 rings (SSSR count). The SMILES string of the molecule is C[C@@H]1CN(C(=O)c2csc(CCN)n2)C[C@H](C)O1. The lowest BCUT2D eigenvalue weighted by atomic mass is 10.2. The van der Waals surface area contributed by atoms with Crippen LogP contribution in [0.25, 0.3) is 0 Å². The van der Waals surface area contributed by atoms with Crippen molar-refractivity contribution in [3.63, 3.8) is 0 Å². The molecule has 0 spiro atoms. The first-order valence-corrected chi connectivity index (χ1v) is 7.07. The first-order chi connectivity index (χ1) is 8.60. The van der Waals surface area contributed by atoms with Gasteiger partial charge < -0.3 is 15.4 Å². The Morgan fingerprint density at radius 2 is 2.22 bits per heavy atom. The van der Waals surface area contributed by atoms with E-state index in [0.29, 0.717) is 25.3 Å². The summed E-state index contributed by atoms with van der Waals surface area (Å²) in [5, 5.41) is 2.74. The molecule has 0 radical (unpaired) electrons. The zero-order chi connectivity index (χ0) is 13.1. The van der Waals surface area contributed by atoms with Crippen molar-refractivity contribution in [1.29, 1.82) is 0 Å². The van der Waals surface area contributed by atoms with Gasteiger partial charge in [-0.25, -0.2) is 4.98 Å². The summed E-state index contributed by atoms with van der Waals surface area (Å²) in [5.41, 5.74) is 6.01. The predicted molar refractivity (Wildman–Crippen MR) is 70.8 cm³/mol. The fraction of sp³-hybridized carbons (Fsp3) is 0.667. The van der Waals surface area contributed by atoms with Crippen molar-refractivity contribution in [2.24, 2.45) is 5.73 Å². The zero-order valence-electron chi connectivity index (χ0n) is 10.8. The number of ether oxygens (including phenoxy) is 1. The molecule has 1 aromatic heterocycles. The lowest BCUT2D eigenvalue weighted by molar-refractivity contribution is -0.0587. The van der Waals surface area contributed by atoms with Gasteiger partial charge in [0, 0.05) is 24.9 Å². The highest BCUT2D eigenvalue weighted by molar-refractivity contribution is 7.09. The second-order valence-corrected chi connectivity index (χ2v) is 5.58. The molecular formula is C12H19N3O2S. The highest BCUT2D eigenvalue weighted by Crippen LogP contribution is 2.16. The van der Waals surface area contributed by atoms with Crippen LogP contribution in [0.2, 0.25) is 0 Å². The van der Waals surface area contributed by atoms with Crippen molar-refractivity contribution in [2.45, 2.75) is 32.5 Å². The molecule has 2 N–H and O–H groups in total. The minimum absolute atomic E-state index is 0.00322. The summed E-state index contributed by atoms with van der Waals surface area (Å²) in [6.07, 6.45) is 0.896. The Kier molecular flexibility index (Phi) is 4.31. The van der Waals surface area contributed by atoms with Crippen LogP contribution in [-0.2, 0) is 11.2 Å². The van der Waals surface area contributed by atoms with E-state index in [9.17, 15) is 4.79 Å². The summed E-state index contributed by atoms with van der Waals surface area (Å²) in [4.78, 5) is 18.4. The van der Waals surface area contributed by atoms with Crippen LogP contribution in [0.15, 0.2) is 5.38 Å². The standard InChI is InChI=1S/C12H19N3O2S/c1-8-5-15(6-9(2)17-8)12(16)10-7-18-11(14-10)3-4-13/h7-9H,3-6,13H2,1-2H3/t8-,9+. The topological polar surface area (TPSA) is 68.5 Å². The summed E-state index contributed by atoms with van der Waals surface area (Å²) in [6, 6.07) is 0. The fourth-order valence-corrected chi connectivity index (χ4v) is 2.94. The maximum Gasteiger partial charge on any atom is 0.273 e. The van der Waals surface area contributed by atoms with Crippen molar-refractivity contribution in [3.8, 4) is 0 Å². The van der Waals surface area contributed by atoms with Gasteiger partial charge in [0.15, 0.2) is 0 Å². The molecule has 1 amide bonds. The number of nitrogens with two attached hydrogens (primary N) is 1. The van der Waals surface area contributed by atoms with Gasteiger partial charge in [-0.2, -0.15) is 0 Å². The number of aromatic nitrogens is 1. The van der Waals surface area contributed by atoms with Gasteiger partial charge >= 0.3 is 0 Å². The normalized spacial score (nSPS) is 24.3. The number of rotatable bonds is 3. The molecule has 2 heterocycles. The van der Waals surface area contributed by atoms with Crippen LogP contribution in [-0.4, -0.2) is 47.6 Å². The molecule has 0 saturated carbocycles. The second-order valence-electron chi connectivity index (χ2n) is 4.63. The van der Waals surface area contributed by atoms with E-state index in [-0.39, 0.29) is 18.1 Å². The Hall–Kier alpha value is -0.980. The van der Waals surface area contributed by atoms with Gasteiger partial charge in [0.05, 0.1) is 17.2 Å². The molecule has 1 aliphatic heterocycles. The van der Waals surface area contributed by atoms with E-state index < -0.39 is 0 Å². The Morgan fingerprint density at radius 3 is 2.83 bits per heavy atom. The third kappa shape index (κ3) is 3.07. The second kappa shape index (κ2) is 5.77. The van der Waals surface area contributed by atoms with Crippen LogP contribution in [0.3, 0.4) is 0 Å². The van der Waals surface area contributed by atoms with Gasteiger partial charge in [-0.3, -0.25) is 4.79 Å². The molecule has 18 heavy (non-hydrogen) atoms. The molecule has 1 aliphatic rings. The van der Waals surface area contributed by atoms with Crippen molar-refractivity contribution in [1.82, 2.24) is 9.88 Å². The number of nitrogens with zero attached hydrogens (tertiary/aromatic N) is 2. The van der Waals surface area contributed by atoms with Gasteiger partial charge in [0.25, 0.3) is 5.91 Å². The number of hydrogen-bond donors (Lipinski definition) is 1. The van der Waals surface area contributed by atoms with Gasteiger partial charge in [-0.05, 0) is 20.4 Å². The van der Waals surface area contributed by atoms with E-state index in [1.54, 1.807) is 0 Å². The van der Waals surface area contributed by atoms with Crippen molar-refractivity contribution < 1.29 is 9.53 Å². The van der Waals surface area contributed by atoms with E-state index in [1.807, 2.05) is 24.1 Å².